The predicted molar refractivity (Wildman–Crippen MR) is 69.8 cm³/mol. The van der Waals surface area contributed by atoms with Crippen LogP contribution in [0.25, 0.3) is 0 Å². The maximum Gasteiger partial charge on any atom is 0.180 e. The van der Waals surface area contributed by atoms with Gasteiger partial charge < -0.3 is 14.7 Å². The van der Waals surface area contributed by atoms with Gasteiger partial charge in [-0.25, -0.2) is 5.48 Å². The highest BCUT2D eigenvalue weighted by molar-refractivity contribution is 6.32. The van der Waals surface area contributed by atoms with E-state index in [9.17, 15) is 0 Å². The maximum absolute atomic E-state index is 8.91. The molecule has 100 valence electrons. The van der Waals surface area contributed by atoms with Crippen molar-refractivity contribution in [1.82, 2.24) is 5.48 Å². The summed E-state index contributed by atoms with van der Waals surface area (Å²) < 4.78 is 11.5. The molecule has 4 nitrogen and oxygen atoms in total. The molecule has 0 saturated carbocycles. The van der Waals surface area contributed by atoms with Crippen LogP contribution < -0.4 is 15.0 Å². The van der Waals surface area contributed by atoms with Gasteiger partial charge in [-0.05, 0) is 17.5 Å². The van der Waals surface area contributed by atoms with Gasteiger partial charge in [-0.15, -0.1) is 0 Å². The Morgan fingerprint density at radius 3 is 2.61 bits per heavy atom. The molecular formula is C13H18ClNO3. The molecule has 1 aliphatic rings. The third-order valence-electron chi connectivity index (χ3n) is 2.94. The van der Waals surface area contributed by atoms with Crippen molar-refractivity contribution in [3.63, 3.8) is 0 Å². The summed E-state index contributed by atoms with van der Waals surface area (Å²) in [5.41, 5.74) is 4.15. The number of hydrogen-bond acceptors (Lipinski definition) is 4. The Kier molecular flexibility index (Phi) is 4.32. The predicted octanol–water partition coefficient (Wildman–Crippen LogP) is 3.10. The fourth-order valence-corrected chi connectivity index (χ4v) is 2.49. The largest absolute Gasteiger partial charge is 0.489 e. The average Bonchev–Trinajstić information content (AvgIpc) is 2.55. The first-order chi connectivity index (χ1) is 8.65. The van der Waals surface area contributed by atoms with Crippen LogP contribution in [-0.4, -0.2) is 18.4 Å². The Morgan fingerprint density at radius 2 is 2.00 bits per heavy atom. The summed E-state index contributed by atoms with van der Waals surface area (Å²) >= 11 is 6.22. The van der Waals surface area contributed by atoms with Crippen LogP contribution in [0.4, 0.5) is 0 Å². The zero-order valence-electron chi connectivity index (χ0n) is 10.6. The number of fused-ring (bicyclic) bond motifs is 1. The molecule has 2 N–H and O–H groups in total. The van der Waals surface area contributed by atoms with Crippen molar-refractivity contribution in [2.24, 2.45) is 0 Å². The maximum atomic E-state index is 8.91. The highest BCUT2D eigenvalue weighted by Gasteiger charge is 2.23. The fraction of sp³-hybridized carbons (Fsp3) is 0.538. The first-order valence-electron chi connectivity index (χ1n) is 6.13. The van der Waals surface area contributed by atoms with Gasteiger partial charge in [0.15, 0.2) is 11.5 Å². The highest BCUT2D eigenvalue weighted by atomic mass is 35.5. The quantitative estimate of drug-likeness (QED) is 0.830. The van der Waals surface area contributed by atoms with Crippen molar-refractivity contribution in [2.75, 3.05) is 13.2 Å². The van der Waals surface area contributed by atoms with Crippen LogP contribution in [-0.2, 0) is 6.54 Å². The van der Waals surface area contributed by atoms with Crippen LogP contribution in [0.5, 0.6) is 11.5 Å². The molecule has 0 amide bonds. The summed E-state index contributed by atoms with van der Waals surface area (Å²) in [6.45, 7) is 5.74. The number of hydroxylamine groups is 1. The Bertz CT molecular complexity index is 435. The monoisotopic (exact) mass is 271 g/mol. The number of ether oxygens (including phenoxy) is 2. The van der Waals surface area contributed by atoms with Crippen molar-refractivity contribution in [3.05, 3.63) is 22.2 Å². The Labute approximate surface area is 112 Å². The molecule has 0 fully saturated rings. The van der Waals surface area contributed by atoms with Crippen molar-refractivity contribution >= 4 is 11.6 Å². The summed E-state index contributed by atoms with van der Waals surface area (Å²) in [6.07, 6.45) is 0.843. The Morgan fingerprint density at radius 1 is 1.33 bits per heavy atom. The van der Waals surface area contributed by atoms with E-state index in [0.717, 1.165) is 23.3 Å². The van der Waals surface area contributed by atoms with Gasteiger partial charge in [-0.2, -0.15) is 0 Å². The van der Waals surface area contributed by atoms with Gasteiger partial charge in [0.1, 0.15) is 0 Å². The molecule has 0 bridgehead atoms. The van der Waals surface area contributed by atoms with E-state index in [4.69, 9.17) is 26.3 Å². The first kappa shape index (κ1) is 13.5. The molecule has 1 aromatic rings. The van der Waals surface area contributed by atoms with Crippen LogP contribution in [0.15, 0.2) is 6.07 Å². The topological polar surface area (TPSA) is 50.7 Å². The minimum atomic E-state index is 0.265. The van der Waals surface area contributed by atoms with Gasteiger partial charge in [0, 0.05) is 18.5 Å². The zero-order chi connectivity index (χ0) is 13.1. The van der Waals surface area contributed by atoms with Gasteiger partial charge in [-0.3, -0.25) is 0 Å². The van der Waals surface area contributed by atoms with Crippen LogP contribution in [0, 0.1) is 0 Å². The molecule has 1 aliphatic heterocycles. The third-order valence-corrected chi connectivity index (χ3v) is 3.22. The van der Waals surface area contributed by atoms with Gasteiger partial charge in [0.25, 0.3) is 0 Å². The lowest BCUT2D eigenvalue weighted by molar-refractivity contribution is 0.160. The highest BCUT2D eigenvalue weighted by Crippen LogP contribution is 2.44. The van der Waals surface area contributed by atoms with Crippen molar-refractivity contribution < 1.29 is 14.7 Å². The van der Waals surface area contributed by atoms with Gasteiger partial charge >= 0.3 is 0 Å². The van der Waals surface area contributed by atoms with Gasteiger partial charge in [0.05, 0.1) is 18.2 Å². The van der Waals surface area contributed by atoms with Crippen LogP contribution in [0.3, 0.4) is 0 Å². The summed E-state index contributed by atoms with van der Waals surface area (Å²) in [4.78, 5) is 0. The van der Waals surface area contributed by atoms with Crippen LogP contribution >= 0.6 is 11.6 Å². The lowest BCUT2D eigenvalue weighted by Crippen LogP contribution is -2.11. The molecule has 0 aromatic heterocycles. The minimum Gasteiger partial charge on any atom is -0.489 e. The molecule has 0 spiro atoms. The van der Waals surface area contributed by atoms with E-state index < -0.39 is 0 Å². The lowest BCUT2D eigenvalue weighted by atomic mass is 9.95. The second-order valence-electron chi connectivity index (χ2n) is 4.63. The molecule has 1 heterocycles. The molecule has 0 atom stereocenters. The van der Waals surface area contributed by atoms with Crippen LogP contribution in [0.2, 0.25) is 5.02 Å². The molecule has 0 saturated heterocycles. The number of rotatable bonds is 3. The standard InChI is InChI=1S/C13H18ClNO3/c1-8(2)11-9(7-15-16)6-10(14)12-13(11)18-5-3-4-17-12/h6,8,15-16H,3-5,7H2,1-2H3. The molecule has 5 heteroatoms. The van der Waals surface area contributed by atoms with Gasteiger partial charge in [0.2, 0.25) is 0 Å². The van der Waals surface area contributed by atoms with E-state index in [1.165, 1.54) is 0 Å². The van der Waals surface area contributed by atoms with Crippen LogP contribution in [0.1, 0.15) is 37.3 Å². The summed E-state index contributed by atoms with van der Waals surface area (Å²) in [5.74, 6) is 1.61. The molecule has 0 radical (unpaired) electrons. The minimum absolute atomic E-state index is 0.265. The normalized spacial score (nSPS) is 14.7. The first-order valence-corrected chi connectivity index (χ1v) is 6.50. The van der Waals surface area contributed by atoms with Gasteiger partial charge in [-0.1, -0.05) is 25.4 Å². The van der Waals surface area contributed by atoms with Crippen molar-refractivity contribution in [1.29, 1.82) is 0 Å². The molecule has 0 aliphatic carbocycles. The third kappa shape index (κ3) is 2.55. The smallest absolute Gasteiger partial charge is 0.180 e. The number of halogens is 1. The summed E-state index contributed by atoms with van der Waals surface area (Å²) in [6, 6.07) is 1.83. The van der Waals surface area contributed by atoms with E-state index in [1.807, 2.05) is 6.07 Å². The SMILES string of the molecule is CC(C)c1c(CNO)cc(Cl)c2c1OCCCO2. The van der Waals surface area contributed by atoms with E-state index in [0.29, 0.717) is 30.5 Å². The van der Waals surface area contributed by atoms with E-state index in [2.05, 4.69) is 19.3 Å². The fourth-order valence-electron chi connectivity index (χ4n) is 2.22. The molecule has 1 aromatic carbocycles. The zero-order valence-corrected chi connectivity index (χ0v) is 11.4. The number of benzene rings is 1. The van der Waals surface area contributed by atoms with E-state index >= 15 is 0 Å². The number of hydrogen-bond donors (Lipinski definition) is 2. The Hall–Kier alpha value is -0.970. The van der Waals surface area contributed by atoms with Crippen molar-refractivity contribution in [2.45, 2.75) is 32.7 Å². The Balaban J connectivity index is 2.57. The molecule has 2 rings (SSSR count). The summed E-state index contributed by atoms with van der Waals surface area (Å²) in [7, 11) is 0. The molecular weight excluding hydrogens is 254 g/mol. The lowest BCUT2D eigenvalue weighted by Gasteiger charge is -2.20. The summed E-state index contributed by atoms with van der Waals surface area (Å²) in [5, 5.41) is 9.44. The van der Waals surface area contributed by atoms with E-state index in [1.54, 1.807) is 0 Å². The molecule has 18 heavy (non-hydrogen) atoms. The average molecular weight is 272 g/mol. The van der Waals surface area contributed by atoms with Crippen molar-refractivity contribution in [3.8, 4) is 11.5 Å². The second-order valence-corrected chi connectivity index (χ2v) is 5.04. The number of nitrogens with one attached hydrogen (secondary N) is 1. The molecule has 0 unspecified atom stereocenters. The van der Waals surface area contributed by atoms with E-state index in [-0.39, 0.29) is 5.92 Å². The second kappa shape index (κ2) is 5.78.